The van der Waals surface area contributed by atoms with E-state index in [2.05, 4.69) is 22.0 Å². The van der Waals surface area contributed by atoms with E-state index in [-0.39, 0.29) is 0 Å². The van der Waals surface area contributed by atoms with Crippen LogP contribution in [-0.2, 0) is 0 Å². The summed E-state index contributed by atoms with van der Waals surface area (Å²) in [7, 11) is 0. The zero-order valence-electron chi connectivity index (χ0n) is 15.1. The molecule has 2 atom stereocenters. The standard InChI is InChI=1S/C19H36N4/c1-2-20-19(21-11-5-6-12-22-13-7-8-14-22)23-15-17-9-3-4-10-18(17)16-23/h17-18H,2-16H2,1H3,(H,20,21). The molecule has 0 amide bonds. The molecule has 4 nitrogen and oxygen atoms in total. The lowest BCUT2D eigenvalue weighted by molar-refractivity contribution is 0.299. The van der Waals surface area contributed by atoms with Crippen LogP contribution in [0.3, 0.4) is 0 Å². The van der Waals surface area contributed by atoms with Gasteiger partial charge in [-0.2, -0.15) is 0 Å². The first kappa shape index (κ1) is 17.1. The van der Waals surface area contributed by atoms with E-state index in [0.717, 1.165) is 24.9 Å². The van der Waals surface area contributed by atoms with Crippen LogP contribution in [0.5, 0.6) is 0 Å². The van der Waals surface area contributed by atoms with Crippen LogP contribution < -0.4 is 5.32 Å². The predicted octanol–water partition coefficient (Wildman–Crippen LogP) is 2.95. The highest BCUT2D eigenvalue weighted by molar-refractivity contribution is 5.80. The zero-order valence-corrected chi connectivity index (χ0v) is 15.1. The van der Waals surface area contributed by atoms with Crippen molar-refractivity contribution in [2.45, 2.75) is 58.3 Å². The minimum Gasteiger partial charge on any atom is -0.357 e. The highest BCUT2D eigenvalue weighted by Gasteiger charge is 2.35. The first-order chi connectivity index (χ1) is 11.4. The molecule has 0 aromatic carbocycles. The van der Waals surface area contributed by atoms with Gasteiger partial charge in [-0.25, -0.2) is 0 Å². The smallest absolute Gasteiger partial charge is 0.193 e. The predicted molar refractivity (Wildman–Crippen MR) is 97.9 cm³/mol. The number of rotatable bonds is 6. The van der Waals surface area contributed by atoms with Gasteiger partial charge in [0.05, 0.1) is 0 Å². The van der Waals surface area contributed by atoms with E-state index in [1.54, 1.807) is 0 Å². The van der Waals surface area contributed by atoms with Gasteiger partial charge in [0, 0.05) is 26.2 Å². The Kier molecular flexibility index (Phi) is 6.61. The Hall–Kier alpha value is -0.770. The number of fused-ring (bicyclic) bond motifs is 1. The van der Waals surface area contributed by atoms with Crippen LogP contribution in [0.25, 0.3) is 0 Å². The van der Waals surface area contributed by atoms with Gasteiger partial charge >= 0.3 is 0 Å². The van der Waals surface area contributed by atoms with Crippen LogP contribution in [0.15, 0.2) is 4.99 Å². The van der Waals surface area contributed by atoms with E-state index in [4.69, 9.17) is 4.99 Å². The molecule has 3 rings (SSSR count). The van der Waals surface area contributed by atoms with Gasteiger partial charge in [0.1, 0.15) is 0 Å². The normalized spacial score (nSPS) is 29.1. The van der Waals surface area contributed by atoms with Crippen molar-refractivity contribution in [2.24, 2.45) is 16.8 Å². The summed E-state index contributed by atoms with van der Waals surface area (Å²) in [5.41, 5.74) is 0. The second-order valence-corrected chi connectivity index (χ2v) is 7.70. The van der Waals surface area contributed by atoms with E-state index in [0.29, 0.717) is 0 Å². The molecule has 4 heteroatoms. The lowest BCUT2D eigenvalue weighted by Crippen LogP contribution is -2.40. The molecule has 0 radical (unpaired) electrons. The van der Waals surface area contributed by atoms with E-state index in [1.807, 2.05) is 0 Å². The van der Waals surface area contributed by atoms with Crippen LogP contribution in [-0.4, -0.2) is 61.6 Å². The molecule has 0 spiro atoms. The number of likely N-dealkylation sites (tertiary alicyclic amines) is 2. The minimum absolute atomic E-state index is 0.933. The summed E-state index contributed by atoms with van der Waals surface area (Å²) in [4.78, 5) is 10.1. The van der Waals surface area contributed by atoms with Gasteiger partial charge in [0.15, 0.2) is 5.96 Å². The molecule has 0 aromatic rings. The number of hydrogen-bond donors (Lipinski definition) is 1. The minimum atomic E-state index is 0.933. The van der Waals surface area contributed by atoms with Crippen molar-refractivity contribution in [3.8, 4) is 0 Å². The molecule has 23 heavy (non-hydrogen) atoms. The number of guanidine groups is 1. The molecule has 2 aliphatic heterocycles. The van der Waals surface area contributed by atoms with E-state index in [9.17, 15) is 0 Å². The SMILES string of the molecule is CCNC(=NCCCCN1CCCC1)N1CC2CCCCC2C1. The van der Waals surface area contributed by atoms with Crippen molar-refractivity contribution in [1.82, 2.24) is 15.1 Å². The van der Waals surface area contributed by atoms with Gasteiger partial charge in [0.2, 0.25) is 0 Å². The van der Waals surface area contributed by atoms with Gasteiger partial charge in [-0.3, -0.25) is 4.99 Å². The highest BCUT2D eigenvalue weighted by atomic mass is 15.3. The van der Waals surface area contributed by atoms with E-state index >= 15 is 0 Å². The Morgan fingerprint density at radius 3 is 2.35 bits per heavy atom. The van der Waals surface area contributed by atoms with Gasteiger partial charge in [0.25, 0.3) is 0 Å². The first-order valence-corrected chi connectivity index (χ1v) is 10.1. The zero-order chi connectivity index (χ0) is 15.9. The Bertz CT molecular complexity index is 362. The molecule has 3 aliphatic rings. The van der Waals surface area contributed by atoms with E-state index < -0.39 is 0 Å². The maximum Gasteiger partial charge on any atom is 0.193 e. The summed E-state index contributed by atoms with van der Waals surface area (Å²) >= 11 is 0. The maximum absolute atomic E-state index is 4.93. The lowest BCUT2D eigenvalue weighted by atomic mass is 9.82. The third kappa shape index (κ3) is 4.85. The fourth-order valence-electron chi connectivity index (χ4n) is 4.64. The molecular formula is C19H36N4. The monoisotopic (exact) mass is 320 g/mol. The fraction of sp³-hybridized carbons (Fsp3) is 0.947. The largest absolute Gasteiger partial charge is 0.357 e. The molecule has 3 fully saturated rings. The summed E-state index contributed by atoms with van der Waals surface area (Å²) in [6, 6.07) is 0. The number of hydrogen-bond acceptors (Lipinski definition) is 2. The number of nitrogens with zero attached hydrogens (tertiary/aromatic N) is 3. The molecule has 2 saturated heterocycles. The van der Waals surface area contributed by atoms with Crippen LogP contribution >= 0.6 is 0 Å². The summed E-state index contributed by atoms with van der Waals surface area (Å²) < 4.78 is 0. The Morgan fingerprint density at radius 2 is 1.70 bits per heavy atom. The molecule has 2 heterocycles. The van der Waals surface area contributed by atoms with Crippen LogP contribution in [0.1, 0.15) is 58.3 Å². The summed E-state index contributed by atoms with van der Waals surface area (Å²) in [5.74, 6) is 3.05. The summed E-state index contributed by atoms with van der Waals surface area (Å²) in [5, 5.41) is 3.53. The molecule has 0 bridgehead atoms. The number of unbranched alkanes of at least 4 members (excludes halogenated alkanes) is 1. The second kappa shape index (κ2) is 8.91. The van der Waals surface area contributed by atoms with Crippen LogP contribution in [0, 0.1) is 11.8 Å². The summed E-state index contributed by atoms with van der Waals surface area (Å²) in [6.45, 7) is 10.6. The Balaban J connectivity index is 1.42. The average Bonchev–Trinajstić information content (AvgIpc) is 3.22. The number of nitrogens with one attached hydrogen (secondary N) is 1. The number of aliphatic imine (C=N–C) groups is 1. The molecule has 1 N–H and O–H groups in total. The van der Waals surface area contributed by atoms with Gasteiger partial charge in [-0.1, -0.05) is 12.8 Å². The maximum atomic E-state index is 4.93. The topological polar surface area (TPSA) is 30.9 Å². The highest BCUT2D eigenvalue weighted by Crippen LogP contribution is 2.35. The van der Waals surface area contributed by atoms with Gasteiger partial charge in [-0.05, 0) is 76.9 Å². The quantitative estimate of drug-likeness (QED) is 0.464. The average molecular weight is 321 g/mol. The molecule has 0 aromatic heterocycles. The third-order valence-corrected chi connectivity index (χ3v) is 5.95. The fourth-order valence-corrected chi connectivity index (χ4v) is 4.64. The van der Waals surface area contributed by atoms with Crippen molar-refractivity contribution in [2.75, 3.05) is 45.8 Å². The van der Waals surface area contributed by atoms with E-state index in [1.165, 1.54) is 90.0 Å². The van der Waals surface area contributed by atoms with Crippen LogP contribution in [0.4, 0.5) is 0 Å². The Labute approximate surface area is 142 Å². The molecule has 1 saturated carbocycles. The van der Waals surface area contributed by atoms with Gasteiger partial charge in [-0.15, -0.1) is 0 Å². The Morgan fingerprint density at radius 1 is 1.00 bits per heavy atom. The van der Waals surface area contributed by atoms with Crippen molar-refractivity contribution in [1.29, 1.82) is 0 Å². The van der Waals surface area contributed by atoms with Crippen molar-refractivity contribution < 1.29 is 0 Å². The lowest BCUT2D eigenvalue weighted by Gasteiger charge is -2.22. The van der Waals surface area contributed by atoms with Crippen molar-refractivity contribution >= 4 is 5.96 Å². The second-order valence-electron chi connectivity index (χ2n) is 7.70. The summed E-state index contributed by atoms with van der Waals surface area (Å²) in [6.07, 6.45) is 11.1. The first-order valence-electron chi connectivity index (χ1n) is 10.1. The van der Waals surface area contributed by atoms with Gasteiger partial charge < -0.3 is 15.1 Å². The van der Waals surface area contributed by atoms with Crippen molar-refractivity contribution in [3.05, 3.63) is 0 Å². The third-order valence-electron chi connectivity index (χ3n) is 5.95. The molecule has 1 aliphatic carbocycles. The van der Waals surface area contributed by atoms with Crippen LogP contribution in [0.2, 0.25) is 0 Å². The molecular weight excluding hydrogens is 284 g/mol. The van der Waals surface area contributed by atoms with Crippen molar-refractivity contribution in [3.63, 3.8) is 0 Å². The molecule has 2 unspecified atom stereocenters. The molecule has 132 valence electrons.